The molecule has 1 rings (SSSR count). The molecule has 15 heavy (non-hydrogen) atoms. The lowest BCUT2D eigenvalue weighted by Crippen LogP contribution is -2.20. The number of rotatable bonds is 6. The molecule has 1 atom stereocenters. The van der Waals surface area contributed by atoms with E-state index in [2.05, 4.69) is 22.5 Å². The molecule has 0 aliphatic rings. The number of aromatic nitrogens is 1. The second-order valence-electron chi connectivity index (χ2n) is 3.42. The van der Waals surface area contributed by atoms with Crippen molar-refractivity contribution in [1.29, 1.82) is 0 Å². The molecule has 84 valence electrons. The Morgan fingerprint density at radius 1 is 1.40 bits per heavy atom. The van der Waals surface area contributed by atoms with Crippen molar-refractivity contribution >= 4 is 11.6 Å². The van der Waals surface area contributed by atoms with E-state index in [1.54, 1.807) is 0 Å². The first-order chi connectivity index (χ1) is 7.30. The van der Waals surface area contributed by atoms with Crippen molar-refractivity contribution in [3.63, 3.8) is 0 Å². The van der Waals surface area contributed by atoms with Crippen molar-refractivity contribution in [3.8, 4) is 0 Å². The lowest BCUT2D eigenvalue weighted by molar-refractivity contribution is 0.278. The minimum atomic E-state index is 0.206. The smallest absolute Gasteiger partial charge is 0.128 e. The van der Waals surface area contributed by atoms with Gasteiger partial charge in [-0.2, -0.15) is 0 Å². The zero-order chi connectivity index (χ0) is 11.1. The number of aliphatic hydroxyl groups excluding tert-OH is 1. The summed E-state index contributed by atoms with van der Waals surface area (Å²) in [4.78, 5) is 4.36. The summed E-state index contributed by atoms with van der Waals surface area (Å²) in [5.74, 6) is 1.70. The van der Waals surface area contributed by atoms with Crippen LogP contribution in [0.1, 0.15) is 19.8 Å². The van der Waals surface area contributed by atoms with Gasteiger partial charge in [0.05, 0.1) is 0 Å². The van der Waals surface area contributed by atoms with Crippen LogP contribution in [0.3, 0.4) is 0 Å². The predicted molar refractivity (Wildman–Crippen MR) is 63.2 cm³/mol. The fourth-order valence-electron chi connectivity index (χ4n) is 1.40. The molecule has 1 aromatic rings. The summed E-state index contributed by atoms with van der Waals surface area (Å²) in [7, 11) is 1.84. The van der Waals surface area contributed by atoms with E-state index < -0.39 is 0 Å². The molecule has 4 nitrogen and oxygen atoms in total. The molecule has 0 spiro atoms. The number of hydrogen-bond acceptors (Lipinski definition) is 4. The maximum atomic E-state index is 8.87. The molecule has 0 radical (unpaired) electrons. The van der Waals surface area contributed by atoms with Gasteiger partial charge in [-0.3, -0.25) is 0 Å². The summed E-state index contributed by atoms with van der Waals surface area (Å²) in [6.45, 7) is 2.30. The molecule has 0 fully saturated rings. The van der Waals surface area contributed by atoms with Gasteiger partial charge < -0.3 is 15.7 Å². The molecule has 0 aromatic carbocycles. The summed E-state index contributed by atoms with van der Waals surface area (Å²) >= 11 is 0. The first kappa shape index (κ1) is 11.8. The van der Waals surface area contributed by atoms with Crippen molar-refractivity contribution in [2.45, 2.75) is 25.8 Å². The predicted octanol–water partition coefficient (Wildman–Crippen LogP) is 1.70. The monoisotopic (exact) mass is 209 g/mol. The van der Waals surface area contributed by atoms with E-state index in [4.69, 9.17) is 5.11 Å². The molecule has 0 bridgehead atoms. The molecule has 0 aliphatic heterocycles. The van der Waals surface area contributed by atoms with E-state index in [9.17, 15) is 0 Å². The van der Waals surface area contributed by atoms with Crippen LogP contribution in [-0.2, 0) is 0 Å². The molecular formula is C11H19N3O. The van der Waals surface area contributed by atoms with E-state index in [0.717, 1.165) is 24.5 Å². The Hall–Kier alpha value is -1.29. The normalized spacial score (nSPS) is 12.2. The fourth-order valence-corrected chi connectivity index (χ4v) is 1.40. The van der Waals surface area contributed by atoms with Gasteiger partial charge in [-0.1, -0.05) is 13.0 Å². The van der Waals surface area contributed by atoms with Crippen LogP contribution < -0.4 is 10.6 Å². The Kier molecular flexibility index (Phi) is 4.90. The highest BCUT2D eigenvalue weighted by molar-refractivity contribution is 5.45. The second-order valence-corrected chi connectivity index (χ2v) is 3.42. The van der Waals surface area contributed by atoms with Crippen molar-refractivity contribution in [2.24, 2.45) is 0 Å². The summed E-state index contributed by atoms with van der Waals surface area (Å²) in [6, 6.07) is 6.08. The van der Waals surface area contributed by atoms with Crippen LogP contribution in [0.4, 0.5) is 11.6 Å². The lowest BCUT2D eigenvalue weighted by atomic mass is 10.1. The maximum absolute atomic E-state index is 8.87. The summed E-state index contributed by atoms with van der Waals surface area (Å²) in [5.41, 5.74) is 0. The lowest BCUT2D eigenvalue weighted by Gasteiger charge is -2.16. The maximum Gasteiger partial charge on any atom is 0.128 e. The van der Waals surface area contributed by atoms with E-state index in [0.29, 0.717) is 0 Å². The van der Waals surface area contributed by atoms with Crippen molar-refractivity contribution in [3.05, 3.63) is 18.2 Å². The molecular weight excluding hydrogens is 190 g/mol. The van der Waals surface area contributed by atoms with E-state index in [1.165, 1.54) is 0 Å². The van der Waals surface area contributed by atoms with Gasteiger partial charge in [-0.15, -0.1) is 0 Å². The van der Waals surface area contributed by atoms with Crippen LogP contribution >= 0.6 is 0 Å². The summed E-state index contributed by atoms with van der Waals surface area (Å²) in [5, 5.41) is 15.2. The molecule has 3 N–H and O–H groups in total. The van der Waals surface area contributed by atoms with Gasteiger partial charge in [0, 0.05) is 19.7 Å². The third-order valence-electron chi connectivity index (χ3n) is 2.33. The van der Waals surface area contributed by atoms with E-state index in [1.807, 2.05) is 25.2 Å². The number of nitrogens with one attached hydrogen (secondary N) is 2. The Labute approximate surface area is 90.7 Å². The highest BCUT2D eigenvalue weighted by atomic mass is 16.3. The van der Waals surface area contributed by atoms with Crippen LogP contribution in [0.15, 0.2) is 18.2 Å². The quantitative estimate of drug-likeness (QED) is 0.667. The third-order valence-corrected chi connectivity index (χ3v) is 2.33. The third kappa shape index (κ3) is 3.75. The molecule has 0 amide bonds. The Morgan fingerprint density at radius 2 is 2.13 bits per heavy atom. The zero-order valence-corrected chi connectivity index (χ0v) is 9.33. The van der Waals surface area contributed by atoms with Crippen LogP contribution in [-0.4, -0.2) is 29.8 Å². The highest BCUT2D eigenvalue weighted by Gasteiger charge is 2.05. The SMILES string of the molecule is CCC(CCO)Nc1cccc(NC)n1. The van der Waals surface area contributed by atoms with Gasteiger partial charge in [-0.05, 0) is 25.0 Å². The largest absolute Gasteiger partial charge is 0.396 e. The Balaban J connectivity index is 2.61. The van der Waals surface area contributed by atoms with Crippen molar-refractivity contribution < 1.29 is 5.11 Å². The summed E-state index contributed by atoms with van der Waals surface area (Å²) < 4.78 is 0. The number of aliphatic hydroxyl groups is 1. The number of anilines is 2. The Bertz CT molecular complexity index is 291. The van der Waals surface area contributed by atoms with Crippen molar-refractivity contribution in [2.75, 3.05) is 24.3 Å². The molecule has 1 unspecified atom stereocenters. The van der Waals surface area contributed by atoms with Gasteiger partial charge in [0.1, 0.15) is 11.6 Å². The summed E-state index contributed by atoms with van der Waals surface area (Å²) in [6.07, 6.45) is 1.73. The van der Waals surface area contributed by atoms with Crippen LogP contribution in [0.5, 0.6) is 0 Å². The number of pyridine rings is 1. The molecule has 4 heteroatoms. The van der Waals surface area contributed by atoms with Crippen LogP contribution in [0, 0.1) is 0 Å². The average molecular weight is 209 g/mol. The highest BCUT2D eigenvalue weighted by Crippen LogP contribution is 2.11. The Morgan fingerprint density at radius 3 is 2.73 bits per heavy atom. The number of hydrogen-bond donors (Lipinski definition) is 3. The minimum Gasteiger partial charge on any atom is -0.396 e. The van der Waals surface area contributed by atoms with E-state index >= 15 is 0 Å². The average Bonchev–Trinajstić information content (AvgIpc) is 2.29. The molecule has 1 heterocycles. The molecule has 0 saturated heterocycles. The van der Waals surface area contributed by atoms with Gasteiger partial charge in [0.15, 0.2) is 0 Å². The topological polar surface area (TPSA) is 57.2 Å². The first-order valence-electron chi connectivity index (χ1n) is 5.32. The van der Waals surface area contributed by atoms with E-state index in [-0.39, 0.29) is 12.6 Å². The zero-order valence-electron chi connectivity index (χ0n) is 9.33. The van der Waals surface area contributed by atoms with Crippen LogP contribution in [0.25, 0.3) is 0 Å². The fraction of sp³-hybridized carbons (Fsp3) is 0.545. The van der Waals surface area contributed by atoms with Gasteiger partial charge in [0.2, 0.25) is 0 Å². The first-order valence-corrected chi connectivity index (χ1v) is 5.32. The van der Waals surface area contributed by atoms with Crippen molar-refractivity contribution in [1.82, 2.24) is 4.98 Å². The molecule has 0 saturated carbocycles. The van der Waals surface area contributed by atoms with Gasteiger partial charge in [-0.25, -0.2) is 4.98 Å². The van der Waals surface area contributed by atoms with Gasteiger partial charge >= 0.3 is 0 Å². The molecule has 1 aromatic heterocycles. The van der Waals surface area contributed by atoms with Crippen LogP contribution in [0.2, 0.25) is 0 Å². The van der Waals surface area contributed by atoms with Gasteiger partial charge in [0.25, 0.3) is 0 Å². The standard InChI is InChI=1S/C11H19N3O/c1-3-9(7-8-15)13-11-6-4-5-10(12-2)14-11/h4-6,9,15H,3,7-8H2,1-2H3,(H2,12,13,14). The second kappa shape index (κ2) is 6.24. The minimum absolute atomic E-state index is 0.206. The number of nitrogens with zero attached hydrogens (tertiary/aromatic N) is 1. The molecule has 0 aliphatic carbocycles.